The summed E-state index contributed by atoms with van der Waals surface area (Å²) in [4.78, 5) is 9.08. The number of aromatic nitrogens is 2. The van der Waals surface area contributed by atoms with E-state index in [1.165, 1.54) is 11.1 Å². The van der Waals surface area contributed by atoms with Gasteiger partial charge in [-0.15, -0.1) is 0 Å². The van der Waals surface area contributed by atoms with Crippen LogP contribution in [0, 0.1) is 13.8 Å². The largest absolute Gasteiger partial charge is 0.376 e. The molecule has 0 saturated heterocycles. The van der Waals surface area contributed by atoms with Crippen LogP contribution in [-0.4, -0.2) is 16.6 Å². The lowest BCUT2D eigenvalue weighted by Gasteiger charge is -2.17. The smallest absolute Gasteiger partial charge is 0.161 e. The fourth-order valence-corrected chi connectivity index (χ4v) is 2.62. The first-order valence-electron chi connectivity index (χ1n) is 6.36. The van der Waals surface area contributed by atoms with E-state index in [0.717, 1.165) is 23.2 Å². The predicted octanol–water partition coefficient (Wildman–Crippen LogP) is 3.49. The fraction of sp³-hybridized carbons (Fsp3) is 0.333. The van der Waals surface area contributed by atoms with Gasteiger partial charge >= 0.3 is 0 Å². The van der Waals surface area contributed by atoms with Gasteiger partial charge in [0.05, 0.1) is 18.9 Å². The van der Waals surface area contributed by atoms with Gasteiger partial charge in [-0.25, -0.2) is 9.97 Å². The van der Waals surface area contributed by atoms with Crippen LogP contribution >= 0.6 is 11.6 Å². The number of aryl methyl sites for hydroxylation is 2. The number of nitrogens with zero attached hydrogens (tertiary/aromatic N) is 2. The number of ether oxygens (including phenoxy) is 1. The fourth-order valence-electron chi connectivity index (χ4n) is 2.38. The Morgan fingerprint density at radius 1 is 1.21 bits per heavy atom. The van der Waals surface area contributed by atoms with E-state index in [2.05, 4.69) is 42.0 Å². The maximum Gasteiger partial charge on any atom is 0.161 e. The molecule has 1 aromatic carbocycles. The Morgan fingerprint density at radius 2 is 2.05 bits per heavy atom. The highest BCUT2D eigenvalue weighted by Crippen LogP contribution is 2.27. The second kappa shape index (κ2) is 4.91. The molecule has 0 aliphatic carbocycles. The molecule has 0 amide bonds. The Morgan fingerprint density at radius 3 is 2.84 bits per heavy atom. The van der Waals surface area contributed by atoms with Crippen molar-refractivity contribution >= 4 is 11.6 Å². The van der Waals surface area contributed by atoms with Crippen molar-refractivity contribution in [2.75, 3.05) is 6.61 Å². The third-order valence-electron chi connectivity index (χ3n) is 3.39. The molecule has 0 radical (unpaired) electrons. The van der Waals surface area contributed by atoms with Crippen molar-refractivity contribution in [1.82, 2.24) is 9.97 Å². The zero-order chi connectivity index (χ0) is 13.4. The summed E-state index contributed by atoms with van der Waals surface area (Å²) in [5.74, 6) is 0.711. The molecule has 0 bridgehead atoms. The highest BCUT2D eigenvalue weighted by molar-refractivity contribution is 6.30. The van der Waals surface area contributed by atoms with Crippen LogP contribution in [0.1, 0.15) is 22.4 Å². The summed E-state index contributed by atoms with van der Waals surface area (Å²) >= 11 is 6.25. The van der Waals surface area contributed by atoms with Gasteiger partial charge < -0.3 is 4.74 Å². The average Bonchev–Trinajstić information content (AvgIpc) is 2.38. The number of benzene rings is 1. The molecule has 1 aliphatic rings. The quantitative estimate of drug-likeness (QED) is 0.747. The highest BCUT2D eigenvalue weighted by atomic mass is 35.5. The first-order valence-corrected chi connectivity index (χ1v) is 6.73. The molecule has 0 unspecified atom stereocenters. The van der Waals surface area contributed by atoms with Gasteiger partial charge in [0.1, 0.15) is 5.15 Å². The zero-order valence-electron chi connectivity index (χ0n) is 11.0. The van der Waals surface area contributed by atoms with Crippen LogP contribution < -0.4 is 0 Å². The van der Waals surface area contributed by atoms with Gasteiger partial charge in [-0.1, -0.05) is 35.4 Å². The normalized spacial score (nSPS) is 14.3. The molecule has 1 aliphatic heterocycles. The minimum Gasteiger partial charge on any atom is -0.376 e. The van der Waals surface area contributed by atoms with Crippen molar-refractivity contribution in [3.8, 4) is 11.4 Å². The highest BCUT2D eigenvalue weighted by Gasteiger charge is 2.18. The van der Waals surface area contributed by atoms with E-state index < -0.39 is 0 Å². The van der Waals surface area contributed by atoms with Gasteiger partial charge in [0, 0.05) is 17.5 Å². The van der Waals surface area contributed by atoms with Crippen molar-refractivity contribution in [3.63, 3.8) is 0 Å². The van der Waals surface area contributed by atoms with Crippen LogP contribution in [0.5, 0.6) is 0 Å². The van der Waals surface area contributed by atoms with Gasteiger partial charge in [0.2, 0.25) is 0 Å². The average molecular weight is 275 g/mol. The van der Waals surface area contributed by atoms with Crippen molar-refractivity contribution in [2.45, 2.75) is 26.9 Å². The van der Waals surface area contributed by atoms with E-state index in [1.54, 1.807) is 0 Å². The lowest BCUT2D eigenvalue weighted by molar-refractivity contribution is 0.109. The maximum absolute atomic E-state index is 6.25. The topological polar surface area (TPSA) is 35.0 Å². The lowest BCUT2D eigenvalue weighted by Crippen LogP contribution is -2.14. The summed E-state index contributed by atoms with van der Waals surface area (Å²) in [7, 11) is 0. The Hall–Kier alpha value is -1.45. The first kappa shape index (κ1) is 12.6. The van der Waals surface area contributed by atoms with Gasteiger partial charge in [0.25, 0.3) is 0 Å². The zero-order valence-corrected chi connectivity index (χ0v) is 11.8. The maximum atomic E-state index is 6.25. The van der Waals surface area contributed by atoms with Crippen LogP contribution in [0.2, 0.25) is 5.15 Å². The number of fused-ring (bicyclic) bond motifs is 1. The van der Waals surface area contributed by atoms with Crippen LogP contribution in [-0.2, 0) is 17.8 Å². The second-order valence-corrected chi connectivity index (χ2v) is 5.24. The standard InChI is InChI=1S/C15H15ClN2O/c1-9-3-4-11(10(2)7-9)15-17-13-5-6-19-8-12(13)14(16)18-15/h3-4,7H,5-6,8H2,1-2H3. The Bertz CT molecular complexity index is 640. The van der Waals surface area contributed by atoms with Crippen molar-refractivity contribution in [2.24, 2.45) is 0 Å². The minimum atomic E-state index is 0.514. The van der Waals surface area contributed by atoms with E-state index in [-0.39, 0.29) is 0 Å². The summed E-state index contributed by atoms with van der Waals surface area (Å²) in [6.07, 6.45) is 0.801. The molecule has 98 valence electrons. The van der Waals surface area contributed by atoms with Crippen LogP contribution in [0.4, 0.5) is 0 Å². The summed E-state index contributed by atoms with van der Waals surface area (Å²) < 4.78 is 5.40. The van der Waals surface area contributed by atoms with E-state index in [0.29, 0.717) is 24.2 Å². The van der Waals surface area contributed by atoms with Crippen LogP contribution in [0.25, 0.3) is 11.4 Å². The molecular weight excluding hydrogens is 260 g/mol. The van der Waals surface area contributed by atoms with E-state index >= 15 is 0 Å². The molecule has 0 N–H and O–H groups in total. The Kier molecular flexibility index (Phi) is 3.25. The van der Waals surface area contributed by atoms with Gasteiger partial charge in [-0.05, 0) is 19.4 Å². The Labute approximate surface area is 117 Å². The van der Waals surface area contributed by atoms with Crippen molar-refractivity contribution < 1.29 is 4.74 Å². The number of hydrogen-bond acceptors (Lipinski definition) is 3. The van der Waals surface area contributed by atoms with Crippen LogP contribution in [0.15, 0.2) is 18.2 Å². The third-order valence-corrected chi connectivity index (χ3v) is 3.71. The molecule has 3 rings (SSSR count). The molecular formula is C15H15ClN2O. The lowest BCUT2D eigenvalue weighted by atomic mass is 10.0. The molecule has 0 fully saturated rings. The predicted molar refractivity (Wildman–Crippen MR) is 75.3 cm³/mol. The summed E-state index contributed by atoms with van der Waals surface area (Å²) in [5.41, 5.74) is 5.39. The van der Waals surface area contributed by atoms with E-state index in [4.69, 9.17) is 16.3 Å². The number of hydrogen-bond donors (Lipinski definition) is 0. The number of rotatable bonds is 1. The molecule has 4 heteroatoms. The second-order valence-electron chi connectivity index (χ2n) is 4.88. The molecule has 1 aromatic heterocycles. The van der Waals surface area contributed by atoms with E-state index in [1.807, 2.05) is 0 Å². The molecule has 2 heterocycles. The monoisotopic (exact) mass is 274 g/mol. The van der Waals surface area contributed by atoms with Crippen molar-refractivity contribution in [1.29, 1.82) is 0 Å². The van der Waals surface area contributed by atoms with E-state index in [9.17, 15) is 0 Å². The summed E-state index contributed by atoms with van der Waals surface area (Å²) in [6.45, 7) is 5.37. The molecule has 19 heavy (non-hydrogen) atoms. The van der Waals surface area contributed by atoms with Gasteiger partial charge in [0.15, 0.2) is 5.82 Å². The molecule has 0 atom stereocenters. The molecule has 3 nitrogen and oxygen atoms in total. The van der Waals surface area contributed by atoms with Crippen molar-refractivity contribution in [3.05, 3.63) is 45.7 Å². The molecule has 0 saturated carbocycles. The van der Waals surface area contributed by atoms with Gasteiger partial charge in [-0.3, -0.25) is 0 Å². The summed E-state index contributed by atoms with van der Waals surface area (Å²) in [5, 5.41) is 0.514. The van der Waals surface area contributed by atoms with Gasteiger partial charge in [-0.2, -0.15) is 0 Å². The first-order chi connectivity index (χ1) is 9.15. The summed E-state index contributed by atoms with van der Waals surface area (Å²) in [6, 6.07) is 6.26. The minimum absolute atomic E-state index is 0.514. The SMILES string of the molecule is Cc1ccc(-c2nc(Cl)c3c(n2)CCOC3)c(C)c1. The molecule has 2 aromatic rings. The molecule has 0 spiro atoms. The van der Waals surface area contributed by atoms with Crippen LogP contribution in [0.3, 0.4) is 0 Å². The Balaban J connectivity index is 2.13. The number of halogens is 1. The third kappa shape index (κ3) is 2.36.